The molecule has 4 heterocycles. The Hall–Kier alpha value is -3.01. The van der Waals surface area contributed by atoms with Gasteiger partial charge < -0.3 is 24.5 Å². The van der Waals surface area contributed by atoms with Crippen LogP contribution in [0.3, 0.4) is 0 Å². The smallest absolute Gasteiger partial charge is 0.143 e. The molecular weight excluding hydrogens is 366 g/mol. The molecule has 0 radical (unpaired) electrons. The van der Waals surface area contributed by atoms with Crippen LogP contribution in [0.5, 0.6) is 5.75 Å². The Balaban J connectivity index is 1.52. The highest BCUT2D eigenvalue weighted by Crippen LogP contribution is 2.38. The highest BCUT2D eigenvalue weighted by molar-refractivity contribution is 5.87. The van der Waals surface area contributed by atoms with Crippen molar-refractivity contribution >= 4 is 16.7 Å². The van der Waals surface area contributed by atoms with E-state index < -0.39 is 5.60 Å². The van der Waals surface area contributed by atoms with Gasteiger partial charge >= 0.3 is 0 Å². The van der Waals surface area contributed by atoms with E-state index in [1.165, 1.54) is 0 Å². The zero-order valence-electron chi connectivity index (χ0n) is 16.5. The SMILES string of the molecule is CC(C)(O)C#Cc1c[nH]c2ncc(-c3ccc4c(c3)OCC3COCCN43)cc12. The number of ether oxygens (including phenoxy) is 2. The molecule has 29 heavy (non-hydrogen) atoms. The first kappa shape index (κ1) is 18.0. The normalized spacial score (nSPS) is 18.4. The van der Waals surface area contributed by atoms with Gasteiger partial charge in [0.1, 0.15) is 23.6 Å². The minimum atomic E-state index is -1.04. The number of benzene rings is 1. The van der Waals surface area contributed by atoms with Crippen molar-refractivity contribution < 1.29 is 14.6 Å². The van der Waals surface area contributed by atoms with E-state index >= 15 is 0 Å². The van der Waals surface area contributed by atoms with Crippen molar-refractivity contribution in [2.75, 3.05) is 31.3 Å². The molecule has 1 atom stereocenters. The summed E-state index contributed by atoms with van der Waals surface area (Å²) < 4.78 is 11.6. The molecule has 2 N–H and O–H groups in total. The van der Waals surface area contributed by atoms with Crippen molar-refractivity contribution in [2.45, 2.75) is 25.5 Å². The number of anilines is 1. The van der Waals surface area contributed by atoms with Gasteiger partial charge in [-0.05, 0) is 37.6 Å². The van der Waals surface area contributed by atoms with Crippen molar-refractivity contribution in [3.63, 3.8) is 0 Å². The average molecular weight is 389 g/mol. The van der Waals surface area contributed by atoms with E-state index in [9.17, 15) is 5.11 Å². The van der Waals surface area contributed by atoms with Gasteiger partial charge in [0.15, 0.2) is 0 Å². The Labute approximate surface area is 169 Å². The average Bonchev–Trinajstić information content (AvgIpc) is 3.13. The first-order chi connectivity index (χ1) is 14.0. The first-order valence-corrected chi connectivity index (χ1v) is 9.82. The maximum absolute atomic E-state index is 9.89. The summed E-state index contributed by atoms with van der Waals surface area (Å²) in [4.78, 5) is 10.1. The van der Waals surface area contributed by atoms with Crippen LogP contribution in [0.4, 0.5) is 5.69 Å². The summed E-state index contributed by atoms with van der Waals surface area (Å²) >= 11 is 0. The third kappa shape index (κ3) is 3.44. The lowest BCUT2D eigenvalue weighted by Crippen LogP contribution is -2.51. The second kappa shape index (κ2) is 6.80. The Kier molecular flexibility index (Phi) is 4.23. The van der Waals surface area contributed by atoms with E-state index in [1.807, 2.05) is 12.4 Å². The Morgan fingerprint density at radius 3 is 3.00 bits per heavy atom. The van der Waals surface area contributed by atoms with Gasteiger partial charge in [-0.25, -0.2) is 4.98 Å². The molecule has 1 unspecified atom stereocenters. The highest BCUT2D eigenvalue weighted by Gasteiger charge is 2.30. The standard InChI is InChI=1S/C23H23N3O3/c1-23(2,27)6-5-16-11-24-22-19(16)9-17(12-25-22)15-3-4-20-21(10-15)29-14-18-13-28-8-7-26(18)20/h3-4,9-12,18,27H,7-8,13-14H2,1-2H3,(H,24,25). The molecule has 0 spiro atoms. The number of aromatic nitrogens is 2. The molecule has 6 heteroatoms. The molecule has 0 saturated carbocycles. The Morgan fingerprint density at radius 1 is 1.24 bits per heavy atom. The second-order valence-electron chi connectivity index (χ2n) is 8.05. The molecule has 2 aromatic heterocycles. The number of hydrogen-bond donors (Lipinski definition) is 2. The van der Waals surface area contributed by atoms with E-state index in [-0.39, 0.29) is 6.04 Å². The van der Waals surface area contributed by atoms with Crippen LogP contribution in [-0.2, 0) is 4.74 Å². The monoisotopic (exact) mass is 389 g/mol. The predicted molar refractivity (Wildman–Crippen MR) is 112 cm³/mol. The lowest BCUT2D eigenvalue weighted by Gasteiger charge is -2.41. The molecule has 1 saturated heterocycles. The zero-order chi connectivity index (χ0) is 20.0. The predicted octanol–water partition coefficient (Wildman–Crippen LogP) is 2.95. The zero-order valence-corrected chi connectivity index (χ0v) is 16.5. The Morgan fingerprint density at radius 2 is 2.14 bits per heavy atom. The van der Waals surface area contributed by atoms with Gasteiger partial charge in [0.05, 0.1) is 30.5 Å². The van der Waals surface area contributed by atoms with Crippen molar-refractivity contribution in [1.82, 2.24) is 9.97 Å². The summed E-state index contributed by atoms with van der Waals surface area (Å²) in [6.45, 7) is 6.34. The fourth-order valence-electron chi connectivity index (χ4n) is 3.83. The van der Waals surface area contributed by atoms with Crippen molar-refractivity contribution in [3.05, 3.63) is 42.2 Å². The number of aromatic amines is 1. The van der Waals surface area contributed by atoms with Crippen molar-refractivity contribution in [2.24, 2.45) is 0 Å². The van der Waals surface area contributed by atoms with Gasteiger partial charge in [-0.1, -0.05) is 17.9 Å². The van der Waals surface area contributed by atoms with E-state index in [4.69, 9.17) is 9.47 Å². The second-order valence-corrected chi connectivity index (χ2v) is 8.05. The van der Waals surface area contributed by atoms with Crippen LogP contribution in [-0.4, -0.2) is 53.1 Å². The van der Waals surface area contributed by atoms with E-state index in [0.717, 1.165) is 52.3 Å². The third-order valence-corrected chi connectivity index (χ3v) is 5.30. The lowest BCUT2D eigenvalue weighted by molar-refractivity contribution is 0.0705. The Bertz CT molecular complexity index is 1130. The molecule has 3 aromatic rings. The summed E-state index contributed by atoms with van der Waals surface area (Å²) in [5.41, 5.74) is 3.73. The van der Waals surface area contributed by atoms with Crippen LogP contribution >= 0.6 is 0 Å². The van der Waals surface area contributed by atoms with Crippen LogP contribution in [0.1, 0.15) is 19.4 Å². The summed E-state index contributed by atoms with van der Waals surface area (Å²) in [6, 6.07) is 8.68. The third-order valence-electron chi connectivity index (χ3n) is 5.30. The first-order valence-electron chi connectivity index (χ1n) is 9.82. The largest absolute Gasteiger partial charge is 0.489 e. The number of aliphatic hydroxyl groups is 1. The van der Waals surface area contributed by atoms with Gasteiger partial charge in [0.2, 0.25) is 0 Å². The summed E-state index contributed by atoms with van der Waals surface area (Å²) in [5.74, 6) is 6.82. The number of morpholine rings is 1. The van der Waals surface area contributed by atoms with Gasteiger partial charge in [-0.2, -0.15) is 0 Å². The van der Waals surface area contributed by atoms with Gasteiger partial charge in [0.25, 0.3) is 0 Å². The number of hydrogen-bond acceptors (Lipinski definition) is 5. The highest BCUT2D eigenvalue weighted by atomic mass is 16.5. The van der Waals surface area contributed by atoms with E-state index in [1.54, 1.807) is 13.8 Å². The number of nitrogens with zero attached hydrogens (tertiary/aromatic N) is 2. The van der Waals surface area contributed by atoms with Crippen LogP contribution in [0.25, 0.3) is 22.2 Å². The molecule has 5 rings (SSSR count). The molecule has 2 aliphatic rings. The fourth-order valence-corrected chi connectivity index (χ4v) is 3.83. The topological polar surface area (TPSA) is 70.6 Å². The summed E-state index contributed by atoms with van der Waals surface area (Å²) in [7, 11) is 0. The van der Waals surface area contributed by atoms with Crippen molar-refractivity contribution in [3.8, 4) is 28.7 Å². The molecule has 1 fully saturated rings. The molecule has 0 amide bonds. The molecule has 6 nitrogen and oxygen atoms in total. The van der Waals surface area contributed by atoms with Crippen LogP contribution < -0.4 is 9.64 Å². The van der Waals surface area contributed by atoms with Gasteiger partial charge in [-0.3, -0.25) is 0 Å². The molecule has 0 bridgehead atoms. The number of nitrogens with one attached hydrogen (secondary N) is 1. The molecular formula is C23H23N3O3. The fraction of sp³-hybridized carbons (Fsp3) is 0.348. The number of rotatable bonds is 1. The number of H-pyrrole nitrogens is 1. The van der Waals surface area contributed by atoms with E-state index in [0.29, 0.717) is 13.2 Å². The summed E-state index contributed by atoms with van der Waals surface area (Å²) in [6.07, 6.45) is 3.68. The molecule has 0 aliphatic carbocycles. The maximum atomic E-state index is 9.89. The minimum Gasteiger partial charge on any atom is -0.489 e. The number of fused-ring (bicyclic) bond motifs is 4. The van der Waals surface area contributed by atoms with Crippen LogP contribution in [0.2, 0.25) is 0 Å². The molecule has 148 valence electrons. The van der Waals surface area contributed by atoms with Gasteiger partial charge in [0, 0.05) is 29.9 Å². The minimum absolute atomic E-state index is 0.289. The van der Waals surface area contributed by atoms with E-state index in [2.05, 4.69) is 51.0 Å². The van der Waals surface area contributed by atoms with Crippen molar-refractivity contribution in [1.29, 1.82) is 0 Å². The van der Waals surface area contributed by atoms with Crippen LogP contribution in [0.15, 0.2) is 36.7 Å². The number of pyridine rings is 1. The molecule has 2 aliphatic heterocycles. The quantitative estimate of drug-likeness (QED) is 0.626. The van der Waals surface area contributed by atoms with Gasteiger partial charge in [-0.15, -0.1) is 0 Å². The maximum Gasteiger partial charge on any atom is 0.143 e. The van der Waals surface area contributed by atoms with Crippen LogP contribution in [0, 0.1) is 11.8 Å². The molecule has 1 aromatic carbocycles. The summed E-state index contributed by atoms with van der Waals surface area (Å²) in [5, 5.41) is 10.8. The lowest BCUT2D eigenvalue weighted by atomic mass is 10.0.